The van der Waals surface area contributed by atoms with Gasteiger partial charge in [-0.05, 0) is 47.8 Å². The lowest BCUT2D eigenvalue weighted by Gasteiger charge is -2.12. The Morgan fingerprint density at radius 1 is 1.56 bits per heavy atom. The van der Waals surface area contributed by atoms with Gasteiger partial charge in [0.2, 0.25) is 0 Å². The molecule has 2 N–H and O–H groups in total. The highest BCUT2D eigenvalue weighted by Crippen LogP contribution is 2.25. The summed E-state index contributed by atoms with van der Waals surface area (Å²) >= 11 is 3.29. The summed E-state index contributed by atoms with van der Waals surface area (Å²) in [5.74, 6) is -0.377. The van der Waals surface area contributed by atoms with Crippen molar-refractivity contribution in [2.75, 3.05) is 12.3 Å². The predicted octanol–water partition coefficient (Wildman–Crippen LogP) is 2.76. The lowest BCUT2D eigenvalue weighted by atomic mass is 10.2. The molecule has 1 aliphatic heterocycles. The number of esters is 1. The van der Waals surface area contributed by atoms with Crippen LogP contribution in [0, 0.1) is 0 Å². The van der Waals surface area contributed by atoms with Crippen LogP contribution in [0.15, 0.2) is 22.7 Å². The zero-order valence-electron chi connectivity index (χ0n) is 10.2. The molecule has 4 nitrogen and oxygen atoms in total. The first-order chi connectivity index (χ1) is 8.58. The Hall–Kier alpha value is -1.07. The fourth-order valence-electron chi connectivity index (χ4n) is 1.96. The van der Waals surface area contributed by atoms with Crippen LogP contribution in [0.25, 0.3) is 0 Å². The summed E-state index contributed by atoms with van der Waals surface area (Å²) in [6.45, 7) is 2.32. The molecule has 0 saturated carbocycles. The van der Waals surface area contributed by atoms with Crippen molar-refractivity contribution in [3.8, 4) is 0 Å². The summed E-state index contributed by atoms with van der Waals surface area (Å²) in [7, 11) is 0. The molecule has 0 amide bonds. The standard InChI is InChI=1S/C13H16BrNO3/c1-8-5-6-9(18-8)7-17-13(16)10-3-2-4-11(15)12(10)14/h2-4,8-9H,5-7,15H2,1H3. The number of carbonyl (C=O) groups is 1. The third-order valence-electron chi connectivity index (χ3n) is 2.97. The average molecular weight is 314 g/mol. The Kier molecular flexibility index (Phi) is 4.24. The van der Waals surface area contributed by atoms with Crippen LogP contribution in [-0.4, -0.2) is 24.8 Å². The maximum absolute atomic E-state index is 11.9. The average Bonchev–Trinajstić information content (AvgIpc) is 2.76. The number of hydrogen-bond donors (Lipinski definition) is 1. The van der Waals surface area contributed by atoms with E-state index in [1.807, 2.05) is 6.92 Å². The van der Waals surface area contributed by atoms with E-state index in [1.54, 1.807) is 18.2 Å². The van der Waals surface area contributed by atoms with Crippen LogP contribution in [0.4, 0.5) is 5.69 Å². The fourth-order valence-corrected chi connectivity index (χ4v) is 2.39. The first-order valence-corrected chi connectivity index (χ1v) is 6.74. The van der Waals surface area contributed by atoms with Crippen molar-refractivity contribution in [3.63, 3.8) is 0 Å². The number of carbonyl (C=O) groups excluding carboxylic acids is 1. The Labute approximate surface area is 115 Å². The summed E-state index contributed by atoms with van der Waals surface area (Å²) in [5.41, 5.74) is 6.68. The second-order valence-corrected chi connectivity index (χ2v) is 5.25. The second kappa shape index (κ2) is 5.71. The molecule has 1 saturated heterocycles. The van der Waals surface area contributed by atoms with Crippen molar-refractivity contribution in [3.05, 3.63) is 28.2 Å². The second-order valence-electron chi connectivity index (χ2n) is 4.45. The van der Waals surface area contributed by atoms with Crippen LogP contribution in [0.1, 0.15) is 30.1 Å². The van der Waals surface area contributed by atoms with Gasteiger partial charge >= 0.3 is 5.97 Å². The van der Waals surface area contributed by atoms with E-state index in [9.17, 15) is 4.79 Å². The number of benzene rings is 1. The third kappa shape index (κ3) is 3.03. The molecule has 0 radical (unpaired) electrons. The summed E-state index contributed by atoms with van der Waals surface area (Å²) in [5, 5.41) is 0. The number of rotatable bonds is 3. The van der Waals surface area contributed by atoms with Crippen LogP contribution in [0.2, 0.25) is 0 Å². The minimum Gasteiger partial charge on any atom is -0.459 e. The maximum Gasteiger partial charge on any atom is 0.339 e. The molecule has 1 fully saturated rings. The van der Waals surface area contributed by atoms with Gasteiger partial charge in [0, 0.05) is 5.69 Å². The quantitative estimate of drug-likeness (QED) is 0.688. The zero-order chi connectivity index (χ0) is 13.1. The van der Waals surface area contributed by atoms with Gasteiger partial charge in [0.25, 0.3) is 0 Å². The highest BCUT2D eigenvalue weighted by atomic mass is 79.9. The third-order valence-corrected chi connectivity index (χ3v) is 3.85. The van der Waals surface area contributed by atoms with Crippen molar-refractivity contribution in [1.82, 2.24) is 0 Å². The fraction of sp³-hybridized carbons (Fsp3) is 0.462. The van der Waals surface area contributed by atoms with Crippen molar-refractivity contribution in [2.45, 2.75) is 32.0 Å². The Morgan fingerprint density at radius 3 is 3.00 bits per heavy atom. The Bertz CT molecular complexity index is 450. The highest BCUT2D eigenvalue weighted by molar-refractivity contribution is 9.10. The van der Waals surface area contributed by atoms with Crippen LogP contribution >= 0.6 is 15.9 Å². The zero-order valence-corrected chi connectivity index (χ0v) is 11.8. The maximum atomic E-state index is 11.9. The Morgan fingerprint density at radius 2 is 2.33 bits per heavy atom. The first-order valence-electron chi connectivity index (χ1n) is 5.94. The topological polar surface area (TPSA) is 61.5 Å². The van der Waals surface area contributed by atoms with Gasteiger partial charge in [-0.2, -0.15) is 0 Å². The van der Waals surface area contributed by atoms with Gasteiger partial charge in [0.1, 0.15) is 6.61 Å². The molecular weight excluding hydrogens is 298 g/mol. The van der Waals surface area contributed by atoms with Gasteiger partial charge in [-0.25, -0.2) is 4.79 Å². The molecule has 0 aliphatic carbocycles. The van der Waals surface area contributed by atoms with Gasteiger partial charge in [0.05, 0.1) is 22.2 Å². The summed E-state index contributed by atoms with van der Waals surface area (Å²) < 4.78 is 11.4. The number of halogens is 1. The first kappa shape index (κ1) is 13.4. The number of ether oxygens (including phenoxy) is 2. The van der Waals surface area contributed by atoms with Crippen molar-refractivity contribution in [1.29, 1.82) is 0 Å². The SMILES string of the molecule is CC1CCC(COC(=O)c2cccc(N)c2Br)O1. The van der Waals surface area contributed by atoms with Gasteiger partial charge in [-0.15, -0.1) is 0 Å². The van der Waals surface area contributed by atoms with Crippen LogP contribution in [0.3, 0.4) is 0 Å². The van der Waals surface area contributed by atoms with Gasteiger partial charge in [-0.3, -0.25) is 0 Å². The number of nitrogen functional groups attached to an aromatic ring is 1. The predicted molar refractivity (Wildman–Crippen MR) is 72.4 cm³/mol. The molecular formula is C13H16BrNO3. The minimum absolute atomic E-state index is 0.0174. The van der Waals surface area contributed by atoms with E-state index in [0.29, 0.717) is 22.3 Å². The lowest BCUT2D eigenvalue weighted by Crippen LogP contribution is -2.19. The molecule has 18 heavy (non-hydrogen) atoms. The van der Waals surface area contributed by atoms with E-state index in [4.69, 9.17) is 15.2 Å². The molecule has 2 atom stereocenters. The van der Waals surface area contributed by atoms with Crippen LogP contribution < -0.4 is 5.73 Å². The van der Waals surface area contributed by atoms with Gasteiger partial charge in [0.15, 0.2) is 0 Å². The normalized spacial score (nSPS) is 23.0. The molecule has 2 rings (SSSR count). The highest BCUT2D eigenvalue weighted by Gasteiger charge is 2.23. The molecule has 98 valence electrons. The molecule has 1 aromatic carbocycles. The van der Waals surface area contributed by atoms with E-state index in [1.165, 1.54) is 0 Å². The monoisotopic (exact) mass is 313 g/mol. The van der Waals surface area contributed by atoms with Crippen molar-refractivity contribution >= 4 is 27.6 Å². The molecule has 5 heteroatoms. The molecule has 0 aromatic heterocycles. The van der Waals surface area contributed by atoms with Crippen molar-refractivity contribution < 1.29 is 14.3 Å². The van der Waals surface area contributed by atoms with Crippen molar-refractivity contribution in [2.24, 2.45) is 0 Å². The van der Waals surface area contributed by atoms with Gasteiger partial charge < -0.3 is 15.2 Å². The van der Waals surface area contributed by atoms with Gasteiger partial charge in [-0.1, -0.05) is 6.07 Å². The Balaban J connectivity index is 1.94. The van der Waals surface area contributed by atoms with E-state index in [-0.39, 0.29) is 18.2 Å². The largest absolute Gasteiger partial charge is 0.459 e. The van der Waals surface area contributed by atoms with E-state index < -0.39 is 0 Å². The molecule has 1 aliphatic rings. The number of hydrogen-bond acceptors (Lipinski definition) is 4. The summed E-state index contributed by atoms with van der Waals surface area (Å²) in [6.07, 6.45) is 2.23. The molecule has 2 unspecified atom stereocenters. The van der Waals surface area contributed by atoms with Crippen LogP contribution in [-0.2, 0) is 9.47 Å². The number of anilines is 1. The molecule has 1 heterocycles. The molecule has 0 bridgehead atoms. The van der Waals surface area contributed by atoms with Crippen LogP contribution in [0.5, 0.6) is 0 Å². The van der Waals surface area contributed by atoms with E-state index in [0.717, 1.165) is 12.8 Å². The molecule has 0 spiro atoms. The smallest absolute Gasteiger partial charge is 0.339 e. The summed E-state index contributed by atoms with van der Waals surface area (Å²) in [6, 6.07) is 5.13. The number of nitrogens with two attached hydrogens (primary N) is 1. The lowest BCUT2D eigenvalue weighted by molar-refractivity contribution is -0.00270. The van der Waals surface area contributed by atoms with E-state index >= 15 is 0 Å². The minimum atomic E-state index is -0.377. The molecule has 1 aromatic rings. The van der Waals surface area contributed by atoms with E-state index in [2.05, 4.69) is 15.9 Å². The summed E-state index contributed by atoms with van der Waals surface area (Å²) in [4.78, 5) is 11.9.